The molecule has 0 unspecified atom stereocenters. The van der Waals surface area contributed by atoms with Gasteiger partial charge in [-0.15, -0.1) is 0 Å². The third-order valence-electron chi connectivity index (χ3n) is 1.04. The Hall–Kier alpha value is -1.63. The van der Waals surface area contributed by atoms with Crippen molar-refractivity contribution in [1.29, 1.82) is 5.26 Å². The summed E-state index contributed by atoms with van der Waals surface area (Å²) in [6.45, 7) is 1.58. The molecule has 1 aromatic heterocycles. The van der Waals surface area contributed by atoms with Crippen LogP contribution < -0.4 is 0 Å². The van der Waals surface area contributed by atoms with Gasteiger partial charge in [0.1, 0.15) is 11.5 Å². The smallest absolute Gasteiger partial charge is 0.301 e. The van der Waals surface area contributed by atoms with Crippen LogP contribution >= 0.6 is 0 Å². The molecule has 1 heterocycles. The molecule has 0 aliphatic carbocycles. The average molecular weight is 136 g/mol. The third kappa shape index (κ3) is 0.890. The second kappa shape index (κ2) is 2.31. The van der Waals surface area contributed by atoms with Gasteiger partial charge in [0, 0.05) is 0 Å². The molecule has 50 valence electrons. The van der Waals surface area contributed by atoms with Crippen molar-refractivity contribution in [3.63, 3.8) is 0 Å². The maximum atomic E-state index is 10.1. The van der Waals surface area contributed by atoms with Crippen molar-refractivity contribution >= 4 is 6.29 Å². The fourth-order valence-electron chi connectivity index (χ4n) is 0.565. The lowest BCUT2D eigenvalue weighted by molar-refractivity contribution is 0.111. The highest BCUT2D eigenvalue weighted by Gasteiger charge is 2.05. The number of rotatable bonds is 1. The molecule has 4 heteroatoms. The first-order chi connectivity index (χ1) is 4.77. The number of aromatic nitrogens is 1. The summed E-state index contributed by atoms with van der Waals surface area (Å²) >= 11 is 0. The maximum Gasteiger partial charge on any atom is 0.301 e. The summed E-state index contributed by atoms with van der Waals surface area (Å²) in [5.74, 6) is 0.311. The molecule has 0 N–H and O–H groups in total. The zero-order valence-corrected chi connectivity index (χ0v) is 5.29. The van der Waals surface area contributed by atoms with Gasteiger partial charge in [0.05, 0.1) is 0 Å². The first-order valence-corrected chi connectivity index (χ1v) is 2.60. The first kappa shape index (κ1) is 6.49. The third-order valence-corrected chi connectivity index (χ3v) is 1.04. The zero-order valence-electron chi connectivity index (χ0n) is 5.29. The number of hydrogen-bond acceptors (Lipinski definition) is 4. The summed E-state index contributed by atoms with van der Waals surface area (Å²) < 4.78 is 4.75. The van der Waals surface area contributed by atoms with Gasteiger partial charge in [-0.3, -0.25) is 4.79 Å². The number of oxazole rings is 1. The monoisotopic (exact) mass is 136 g/mol. The van der Waals surface area contributed by atoms with E-state index in [1.54, 1.807) is 13.0 Å². The van der Waals surface area contributed by atoms with Gasteiger partial charge in [-0.2, -0.15) is 10.2 Å². The number of carbonyl (C=O) groups is 1. The number of nitrogens with zero attached hydrogens (tertiary/aromatic N) is 2. The van der Waals surface area contributed by atoms with E-state index in [1.807, 2.05) is 0 Å². The summed E-state index contributed by atoms with van der Waals surface area (Å²) in [5, 5.41) is 8.25. The number of hydrogen-bond donors (Lipinski definition) is 0. The standard InChI is InChI=1S/C6H4N2O2/c1-4-5(3-9)8-6(2-7)10-4/h3H,1H3. The minimum absolute atomic E-state index is 0.0698. The van der Waals surface area contributed by atoms with Crippen molar-refractivity contribution in [2.75, 3.05) is 0 Å². The second-order valence-electron chi connectivity index (χ2n) is 1.69. The van der Waals surface area contributed by atoms with Gasteiger partial charge in [-0.05, 0) is 6.92 Å². The quantitative estimate of drug-likeness (QED) is 0.532. The predicted octanol–water partition coefficient (Wildman–Crippen LogP) is 0.667. The normalized spacial score (nSPS) is 8.80. The molecule has 10 heavy (non-hydrogen) atoms. The lowest BCUT2D eigenvalue weighted by Crippen LogP contribution is -1.81. The van der Waals surface area contributed by atoms with Gasteiger partial charge < -0.3 is 4.42 Å². The summed E-state index contributed by atoms with van der Waals surface area (Å²) in [6, 6.07) is 1.69. The molecule has 0 aliphatic heterocycles. The first-order valence-electron chi connectivity index (χ1n) is 2.60. The van der Waals surface area contributed by atoms with Crippen molar-refractivity contribution in [1.82, 2.24) is 4.98 Å². The second-order valence-corrected chi connectivity index (χ2v) is 1.69. The highest BCUT2D eigenvalue weighted by atomic mass is 16.4. The van der Waals surface area contributed by atoms with Gasteiger partial charge in [0.25, 0.3) is 0 Å². The Morgan fingerprint density at radius 2 is 2.50 bits per heavy atom. The molecule has 0 aromatic carbocycles. The molecule has 0 amide bonds. The van der Waals surface area contributed by atoms with Crippen LogP contribution in [-0.2, 0) is 0 Å². The molecule has 0 fully saturated rings. The molecule has 1 rings (SSSR count). The van der Waals surface area contributed by atoms with E-state index in [4.69, 9.17) is 9.68 Å². The van der Waals surface area contributed by atoms with Crippen LogP contribution in [0.4, 0.5) is 0 Å². The fraction of sp³-hybridized carbons (Fsp3) is 0.167. The van der Waals surface area contributed by atoms with Crippen LogP contribution in [0, 0.1) is 18.3 Å². The van der Waals surface area contributed by atoms with E-state index in [0.717, 1.165) is 0 Å². The lowest BCUT2D eigenvalue weighted by Gasteiger charge is -1.76. The zero-order chi connectivity index (χ0) is 7.56. The number of aryl methyl sites for hydroxylation is 1. The van der Waals surface area contributed by atoms with Gasteiger partial charge in [-0.25, -0.2) is 0 Å². The van der Waals surface area contributed by atoms with Crippen LogP contribution in [0.3, 0.4) is 0 Å². The van der Waals surface area contributed by atoms with Crippen LogP contribution in [0.15, 0.2) is 4.42 Å². The summed E-state index contributed by atoms with van der Waals surface area (Å²) in [4.78, 5) is 13.7. The Morgan fingerprint density at radius 1 is 1.80 bits per heavy atom. The molecule has 0 saturated carbocycles. The van der Waals surface area contributed by atoms with E-state index < -0.39 is 0 Å². The van der Waals surface area contributed by atoms with E-state index in [2.05, 4.69) is 4.98 Å². The molecule has 0 saturated heterocycles. The highest BCUT2D eigenvalue weighted by Crippen LogP contribution is 2.05. The van der Waals surface area contributed by atoms with Crippen molar-refractivity contribution in [3.8, 4) is 6.07 Å². The van der Waals surface area contributed by atoms with Crippen LogP contribution in [-0.4, -0.2) is 11.3 Å². The molecule has 4 nitrogen and oxygen atoms in total. The number of carbonyl (C=O) groups excluding carboxylic acids is 1. The van der Waals surface area contributed by atoms with Crippen LogP contribution in [0.2, 0.25) is 0 Å². The Bertz CT molecular complexity index is 295. The Morgan fingerprint density at radius 3 is 2.80 bits per heavy atom. The van der Waals surface area contributed by atoms with Gasteiger partial charge >= 0.3 is 5.89 Å². The number of nitriles is 1. The average Bonchev–Trinajstić information content (AvgIpc) is 2.30. The minimum Gasteiger partial charge on any atom is -0.433 e. The Kier molecular flexibility index (Phi) is 1.50. The summed E-state index contributed by atoms with van der Waals surface area (Å²) in [7, 11) is 0. The predicted molar refractivity (Wildman–Crippen MR) is 31.3 cm³/mol. The molecule has 0 radical (unpaired) electrons. The minimum atomic E-state index is -0.0698. The van der Waals surface area contributed by atoms with E-state index in [9.17, 15) is 4.79 Å². The van der Waals surface area contributed by atoms with E-state index in [1.165, 1.54) is 0 Å². The Balaban J connectivity index is 3.19. The van der Waals surface area contributed by atoms with Crippen molar-refractivity contribution in [2.45, 2.75) is 6.92 Å². The lowest BCUT2D eigenvalue weighted by atomic mass is 10.4. The van der Waals surface area contributed by atoms with Crippen LogP contribution in [0.1, 0.15) is 22.1 Å². The van der Waals surface area contributed by atoms with Crippen molar-refractivity contribution in [2.24, 2.45) is 0 Å². The van der Waals surface area contributed by atoms with Crippen LogP contribution in [0.5, 0.6) is 0 Å². The Labute approximate surface area is 57.1 Å². The maximum absolute atomic E-state index is 10.1. The van der Waals surface area contributed by atoms with Crippen molar-refractivity contribution < 1.29 is 9.21 Å². The van der Waals surface area contributed by atoms with E-state index in [-0.39, 0.29) is 11.6 Å². The molecular weight excluding hydrogens is 132 g/mol. The highest BCUT2D eigenvalue weighted by molar-refractivity contribution is 5.73. The number of aldehydes is 1. The molecular formula is C6H4N2O2. The van der Waals surface area contributed by atoms with Gasteiger partial charge in [0.15, 0.2) is 12.4 Å². The fourth-order valence-corrected chi connectivity index (χ4v) is 0.565. The van der Waals surface area contributed by atoms with Gasteiger partial charge in [-0.1, -0.05) is 0 Å². The molecule has 0 aliphatic rings. The van der Waals surface area contributed by atoms with Crippen molar-refractivity contribution in [3.05, 3.63) is 17.3 Å². The topological polar surface area (TPSA) is 66.9 Å². The molecule has 1 aromatic rings. The molecule has 0 spiro atoms. The summed E-state index contributed by atoms with van der Waals surface area (Å²) in [6.07, 6.45) is 0.555. The van der Waals surface area contributed by atoms with Gasteiger partial charge in [0.2, 0.25) is 0 Å². The molecule has 0 bridgehead atoms. The van der Waals surface area contributed by atoms with E-state index in [0.29, 0.717) is 12.0 Å². The summed E-state index contributed by atoms with van der Waals surface area (Å²) in [5.41, 5.74) is 0.191. The molecule has 0 atom stereocenters. The van der Waals surface area contributed by atoms with Crippen LogP contribution in [0.25, 0.3) is 0 Å². The largest absolute Gasteiger partial charge is 0.433 e. The van der Waals surface area contributed by atoms with E-state index >= 15 is 0 Å². The SMILES string of the molecule is Cc1oc(C#N)nc1C=O.